The van der Waals surface area contributed by atoms with Crippen molar-refractivity contribution in [3.63, 3.8) is 0 Å². The Bertz CT molecular complexity index is 235. The maximum absolute atomic E-state index is 5.92. The van der Waals surface area contributed by atoms with Crippen molar-refractivity contribution in [3.05, 3.63) is 0 Å². The molecule has 1 saturated carbocycles. The molecule has 3 heteroatoms. The molecule has 20 heavy (non-hydrogen) atoms. The zero-order valence-electron chi connectivity index (χ0n) is 14.2. The third-order valence-corrected chi connectivity index (χ3v) is 4.78. The Kier molecular flexibility index (Phi) is 8.74. The summed E-state index contributed by atoms with van der Waals surface area (Å²) in [6.45, 7) is 7.25. The molecular formula is C17H36N2O. The molecule has 1 aliphatic rings. The Hall–Kier alpha value is -0.120. The van der Waals surface area contributed by atoms with Gasteiger partial charge in [-0.25, -0.2) is 0 Å². The van der Waals surface area contributed by atoms with E-state index < -0.39 is 0 Å². The van der Waals surface area contributed by atoms with Gasteiger partial charge in [0.05, 0.1) is 6.61 Å². The van der Waals surface area contributed by atoms with E-state index in [1.165, 1.54) is 44.9 Å². The molecule has 0 saturated heterocycles. The van der Waals surface area contributed by atoms with E-state index in [-0.39, 0.29) is 5.54 Å². The van der Waals surface area contributed by atoms with Crippen LogP contribution in [-0.2, 0) is 4.74 Å². The van der Waals surface area contributed by atoms with Gasteiger partial charge in [-0.2, -0.15) is 0 Å². The van der Waals surface area contributed by atoms with Crippen LogP contribution in [0.25, 0.3) is 0 Å². The first-order valence-corrected chi connectivity index (χ1v) is 8.66. The van der Waals surface area contributed by atoms with Crippen molar-refractivity contribution in [3.8, 4) is 0 Å². The predicted octanol–water partition coefficient (Wildman–Crippen LogP) is 3.44. The molecule has 1 aliphatic carbocycles. The van der Waals surface area contributed by atoms with Crippen molar-refractivity contribution in [2.24, 2.45) is 0 Å². The van der Waals surface area contributed by atoms with E-state index in [0.29, 0.717) is 6.04 Å². The highest BCUT2D eigenvalue weighted by Crippen LogP contribution is 2.34. The minimum atomic E-state index is 0.277. The maximum Gasteiger partial charge on any atom is 0.0637 e. The molecule has 1 fully saturated rings. The van der Waals surface area contributed by atoms with E-state index in [9.17, 15) is 0 Å². The molecule has 0 aliphatic heterocycles. The molecule has 0 aromatic heterocycles. The summed E-state index contributed by atoms with van der Waals surface area (Å²) >= 11 is 0. The zero-order chi connectivity index (χ0) is 14.8. The van der Waals surface area contributed by atoms with Gasteiger partial charge in [-0.3, -0.25) is 0 Å². The predicted molar refractivity (Wildman–Crippen MR) is 87.3 cm³/mol. The van der Waals surface area contributed by atoms with Gasteiger partial charge >= 0.3 is 0 Å². The largest absolute Gasteiger partial charge is 0.380 e. The van der Waals surface area contributed by atoms with Gasteiger partial charge in [0.2, 0.25) is 0 Å². The molecule has 1 unspecified atom stereocenters. The second-order valence-corrected chi connectivity index (χ2v) is 6.49. The molecule has 0 aromatic carbocycles. The monoisotopic (exact) mass is 284 g/mol. The summed E-state index contributed by atoms with van der Waals surface area (Å²) in [5, 5.41) is 3.78. The van der Waals surface area contributed by atoms with Crippen molar-refractivity contribution in [1.29, 1.82) is 0 Å². The van der Waals surface area contributed by atoms with Crippen molar-refractivity contribution in [2.75, 3.05) is 33.9 Å². The average molecular weight is 284 g/mol. The first kappa shape index (κ1) is 17.9. The third-order valence-electron chi connectivity index (χ3n) is 4.78. The van der Waals surface area contributed by atoms with Crippen LogP contribution >= 0.6 is 0 Å². The van der Waals surface area contributed by atoms with Crippen LogP contribution in [0.1, 0.15) is 65.2 Å². The van der Waals surface area contributed by atoms with Gasteiger partial charge in [0.25, 0.3) is 0 Å². The molecule has 120 valence electrons. The lowest BCUT2D eigenvalue weighted by atomic mass is 9.81. The smallest absolute Gasteiger partial charge is 0.0637 e. The highest BCUT2D eigenvalue weighted by atomic mass is 16.5. The van der Waals surface area contributed by atoms with E-state index in [1.54, 1.807) is 0 Å². The first-order valence-electron chi connectivity index (χ1n) is 8.66. The second kappa shape index (κ2) is 9.75. The van der Waals surface area contributed by atoms with Crippen LogP contribution in [0.3, 0.4) is 0 Å². The summed E-state index contributed by atoms with van der Waals surface area (Å²) in [5.74, 6) is 0. The number of nitrogens with zero attached hydrogens (tertiary/aromatic N) is 1. The summed E-state index contributed by atoms with van der Waals surface area (Å²) < 4.78 is 5.92. The standard InChI is InChI=1S/C17H36N2O/c1-5-13-18-16(15-20-14-6-2)17(19(3)4)11-9-7-8-10-12-17/h16,18H,5-15H2,1-4H3. The highest BCUT2D eigenvalue weighted by Gasteiger charge is 2.40. The lowest BCUT2D eigenvalue weighted by molar-refractivity contribution is 0.0204. The van der Waals surface area contributed by atoms with Gasteiger partial charge in [-0.15, -0.1) is 0 Å². The summed E-state index contributed by atoms with van der Waals surface area (Å²) in [4.78, 5) is 2.47. The molecule has 0 spiro atoms. The molecule has 3 nitrogen and oxygen atoms in total. The van der Waals surface area contributed by atoms with Crippen molar-refractivity contribution >= 4 is 0 Å². The van der Waals surface area contributed by atoms with E-state index in [2.05, 4.69) is 38.2 Å². The Labute approximate surface area is 126 Å². The van der Waals surface area contributed by atoms with Gasteiger partial charge in [-0.05, 0) is 46.3 Å². The number of rotatable bonds is 9. The van der Waals surface area contributed by atoms with Gasteiger partial charge in [0.1, 0.15) is 0 Å². The van der Waals surface area contributed by atoms with Crippen LogP contribution in [-0.4, -0.2) is 50.3 Å². The molecule has 0 amide bonds. The van der Waals surface area contributed by atoms with E-state index in [1.807, 2.05) is 0 Å². The molecule has 1 atom stereocenters. The number of ether oxygens (including phenoxy) is 1. The van der Waals surface area contributed by atoms with Crippen LogP contribution in [0, 0.1) is 0 Å². The maximum atomic E-state index is 5.92. The normalized spacial score (nSPS) is 20.9. The van der Waals surface area contributed by atoms with Crippen LogP contribution in [0.15, 0.2) is 0 Å². The first-order chi connectivity index (χ1) is 9.67. The molecule has 0 aromatic rings. The minimum absolute atomic E-state index is 0.277. The SMILES string of the molecule is CCCNC(COCCC)C1(N(C)C)CCCCCC1. The molecule has 1 N–H and O–H groups in total. The lowest BCUT2D eigenvalue weighted by Gasteiger charge is -2.46. The van der Waals surface area contributed by atoms with E-state index >= 15 is 0 Å². The zero-order valence-corrected chi connectivity index (χ0v) is 14.2. The Morgan fingerprint density at radius 3 is 2.20 bits per heavy atom. The second-order valence-electron chi connectivity index (χ2n) is 6.49. The van der Waals surface area contributed by atoms with Crippen molar-refractivity contribution in [1.82, 2.24) is 10.2 Å². The number of hydrogen-bond donors (Lipinski definition) is 1. The quantitative estimate of drug-likeness (QED) is 0.518. The average Bonchev–Trinajstić information content (AvgIpc) is 2.69. The fourth-order valence-corrected chi connectivity index (χ4v) is 3.52. The highest BCUT2D eigenvalue weighted by molar-refractivity contribution is 4.99. The Morgan fingerprint density at radius 1 is 1.05 bits per heavy atom. The van der Waals surface area contributed by atoms with Crippen molar-refractivity contribution in [2.45, 2.75) is 76.8 Å². The molecule has 0 bridgehead atoms. The van der Waals surface area contributed by atoms with E-state index in [4.69, 9.17) is 4.74 Å². The Morgan fingerprint density at radius 2 is 1.70 bits per heavy atom. The molecule has 0 radical (unpaired) electrons. The van der Waals surface area contributed by atoms with E-state index in [0.717, 1.165) is 26.2 Å². The van der Waals surface area contributed by atoms with Crippen LogP contribution < -0.4 is 5.32 Å². The van der Waals surface area contributed by atoms with Gasteiger partial charge in [-0.1, -0.05) is 39.5 Å². The van der Waals surface area contributed by atoms with Crippen LogP contribution in [0.4, 0.5) is 0 Å². The molecule has 0 heterocycles. The van der Waals surface area contributed by atoms with Crippen LogP contribution in [0.2, 0.25) is 0 Å². The number of nitrogens with one attached hydrogen (secondary N) is 1. The Balaban J connectivity index is 2.77. The van der Waals surface area contributed by atoms with Crippen LogP contribution in [0.5, 0.6) is 0 Å². The summed E-state index contributed by atoms with van der Waals surface area (Å²) in [6.07, 6.45) is 10.4. The molecule has 1 rings (SSSR count). The summed E-state index contributed by atoms with van der Waals surface area (Å²) in [7, 11) is 4.51. The van der Waals surface area contributed by atoms with Crippen molar-refractivity contribution < 1.29 is 4.74 Å². The van der Waals surface area contributed by atoms with Gasteiger partial charge < -0.3 is 15.0 Å². The fraction of sp³-hybridized carbons (Fsp3) is 1.00. The topological polar surface area (TPSA) is 24.5 Å². The number of likely N-dealkylation sites (N-methyl/N-ethyl adjacent to an activating group) is 1. The summed E-state index contributed by atoms with van der Waals surface area (Å²) in [6, 6.07) is 0.460. The van der Waals surface area contributed by atoms with Gasteiger partial charge in [0.15, 0.2) is 0 Å². The molecular weight excluding hydrogens is 248 g/mol. The fourth-order valence-electron chi connectivity index (χ4n) is 3.52. The lowest BCUT2D eigenvalue weighted by Crippen LogP contribution is -2.60. The minimum Gasteiger partial charge on any atom is -0.380 e. The third kappa shape index (κ3) is 5.01. The summed E-state index contributed by atoms with van der Waals surface area (Å²) in [5.41, 5.74) is 0.277. The van der Waals surface area contributed by atoms with Gasteiger partial charge in [0, 0.05) is 18.2 Å². The number of hydrogen-bond acceptors (Lipinski definition) is 3.